The third-order valence-electron chi connectivity index (χ3n) is 4.58. The summed E-state index contributed by atoms with van der Waals surface area (Å²) in [7, 11) is 0. The Morgan fingerprint density at radius 2 is 1.69 bits per heavy atom. The summed E-state index contributed by atoms with van der Waals surface area (Å²) < 4.78 is 77.8. The number of ether oxygens (including phenoxy) is 1. The lowest BCUT2D eigenvalue weighted by molar-refractivity contribution is -0.274. The smallest absolute Gasteiger partial charge is 0.406 e. The Bertz CT molecular complexity index is 712. The normalized spacial score (nSPS) is 15.9. The van der Waals surface area contributed by atoms with Crippen LogP contribution in [0.5, 0.6) is 5.75 Å². The van der Waals surface area contributed by atoms with Crippen molar-refractivity contribution in [2.75, 3.05) is 19.6 Å². The number of nitrogens with zero attached hydrogens (tertiary/aromatic N) is 1. The highest BCUT2D eigenvalue weighted by Crippen LogP contribution is 2.27. The molecule has 0 atom stereocenters. The van der Waals surface area contributed by atoms with E-state index in [1.165, 1.54) is 23.1 Å². The molecule has 1 heterocycles. The molecule has 1 aromatic rings. The van der Waals surface area contributed by atoms with Crippen LogP contribution in [0.4, 0.5) is 26.3 Å². The number of alkyl halides is 6. The maximum absolute atomic E-state index is 12.4. The summed E-state index contributed by atoms with van der Waals surface area (Å²) >= 11 is 0. The predicted molar refractivity (Wildman–Crippen MR) is 89.8 cm³/mol. The van der Waals surface area contributed by atoms with Gasteiger partial charge in [-0.15, -0.1) is 13.2 Å². The molecule has 1 saturated heterocycles. The van der Waals surface area contributed by atoms with E-state index in [-0.39, 0.29) is 42.5 Å². The number of aryl methyl sites for hydroxylation is 1. The second-order valence-corrected chi connectivity index (χ2v) is 6.69. The van der Waals surface area contributed by atoms with E-state index >= 15 is 0 Å². The van der Waals surface area contributed by atoms with Gasteiger partial charge in [0.05, 0.1) is 0 Å². The Hall–Kier alpha value is -2.46. The standard InChI is InChI=1S/C18H20F6N2O3/c19-17(20,21)16(28)25-11-12-7-9-26(10-8-12)15(27)6-5-13-3-1-2-4-14(13)29-18(22,23)24/h1-4,12H,5-11H2,(H,25,28). The van der Waals surface area contributed by atoms with E-state index in [9.17, 15) is 35.9 Å². The molecule has 11 heteroatoms. The zero-order chi connectivity index (χ0) is 21.7. The fraction of sp³-hybridized carbons (Fsp3) is 0.556. The van der Waals surface area contributed by atoms with Gasteiger partial charge in [0.1, 0.15) is 5.75 Å². The van der Waals surface area contributed by atoms with Crippen molar-refractivity contribution in [3.8, 4) is 5.75 Å². The number of carbonyl (C=O) groups excluding carboxylic acids is 2. The van der Waals surface area contributed by atoms with Gasteiger partial charge in [-0.3, -0.25) is 9.59 Å². The number of hydrogen-bond acceptors (Lipinski definition) is 3. The highest BCUT2D eigenvalue weighted by molar-refractivity contribution is 5.81. The summed E-state index contributed by atoms with van der Waals surface area (Å²) in [5, 5.41) is 1.83. The summed E-state index contributed by atoms with van der Waals surface area (Å²) in [6, 6.07) is 5.57. The van der Waals surface area contributed by atoms with E-state index in [0.717, 1.165) is 0 Å². The van der Waals surface area contributed by atoms with E-state index in [0.29, 0.717) is 25.9 Å². The molecule has 29 heavy (non-hydrogen) atoms. The topological polar surface area (TPSA) is 58.6 Å². The molecular weight excluding hydrogens is 406 g/mol. The third-order valence-corrected chi connectivity index (χ3v) is 4.58. The Balaban J connectivity index is 1.79. The average molecular weight is 426 g/mol. The molecule has 0 aliphatic carbocycles. The molecule has 0 unspecified atom stereocenters. The van der Waals surface area contributed by atoms with Gasteiger partial charge >= 0.3 is 18.4 Å². The number of carbonyl (C=O) groups is 2. The maximum atomic E-state index is 12.4. The lowest BCUT2D eigenvalue weighted by Gasteiger charge is -2.32. The summed E-state index contributed by atoms with van der Waals surface area (Å²) in [4.78, 5) is 24.7. The Kier molecular flexibility index (Phi) is 7.37. The summed E-state index contributed by atoms with van der Waals surface area (Å²) in [6.07, 6.45) is -8.86. The molecule has 1 N–H and O–H groups in total. The van der Waals surface area contributed by atoms with Gasteiger partial charge in [0.25, 0.3) is 0 Å². The molecule has 0 radical (unpaired) electrons. The van der Waals surface area contributed by atoms with Gasteiger partial charge in [-0.05, 0) is 36.8 Å². The third kappa shape index (κ3) is 7.47. The average Bonchev–Trinajstić information content (AvgIpc) is 2.63. The first-order valence-corrected chi connectivity index (χ1v) is 8.92. The van der Waals surface area contributed by atoms with Crippen LogP contribution in [0.25, 0.3) is 0 Å². The van der Waals surface area contributed by atoms with Crippen LogP contribution in [0.3, 0.4) is 0 Å². The van der Waals surface area contributed by atoms with Crippen LogP contribution in [0.1, 0.15) is 24.8 Å². The molecule has 1 aliphatic heterocycles. The van der Waals surface area contributed by atoms with Gasteiger partial charge in [0.2, 0.25) is 5.91 Å². The van der Waals surface area contributed by atoms with E-state index < -0.39 is 18.4 Å². The predicted octanol–water partition coefficient (Wildman–Crippen LogP) is 3.43. The van der Waals surface area contributed by atoms with Gasteiger partial charge in [0.15, 0.2) is 0 Å². The molecular formula is C18H20F6N2O3. The molecule has 1 aliphatic rings. The fourth-order valence-corrected chi connectivity index (χ4v) is 3.06. The highest BCUT2D eigenvalue weighted by Gasteiger charge is 2.38. The fourth-order valence-electron chi connectivity index (χ4n) is 3.06. The molecule has 0 bridgehead atoms. The minimum Gasteiger partial charge on any atom is -0.406 e. The number of hydrogen-bond donors (Lipinski definition) is 1. The van der Waals surface area contributed by atoms with Crippen molar-refractivity contribution < 1.29 is 40.7 Å². The van der Waals surface area contributed by atoms with Crippen molar-refractivity contribution in [2.24, 2.45) is 5.92 Å². The van der Waals surface area contributed by atoms with Crippen LogP contribution in [-0.4, -0.2) is 48.9 Å². The number of para-hydroxylation sites is 1. The molecule has 1 fully saturated rings. The number of rotatable bonds is 6. The number of piperidine rings is 1. The van der Waals surface area contributed by atoms with Gasteiger partial charge in [0, 0.05) is 26.1 Å². The van der Waals surface area contributed by atoms with E-state index in [2.05, 4.69) is 4.74 Å². The maximum Gasteiger partial charge on any atom is 0.573 e. The summed E-state index contributed by atoms with van der Waals surface area (Å²) in [5.41, 5.74) is 0.253. The molecule has 162 valence electrons. The molecule has 2 rings (SSSR count). The van der Waals surface area contributed by atoms with Crippen LogP contribution in [-0.2, 0) is 16.0 Å². The number of amides is 2. The van der Waals surface area contributed by atoms with Gasteiger partial charge in [-0.1, -0.05) is 18.2 Å². The first kappa shape index (κ1) is 22.8. The van der Waals surface area contributed by atoms with Crippen LogP contribution >= 0.6 is 0 Å². The largest absolute Gasteiger partial charge is 0.573 e. The molecule has 1 aromatic carbocycles. The van der Waals surface area contributed by atoms with Crippen molar-refractivity contribution in [1.29, 1.82) is 0 Å². The Morgan fingerprint density at radius 1 is 1.07 bits per heavy atom. The van der Waals surface area contributed by atoms with Crippen molar-refractivity contribution in [3.05, 3.63) is 29.8 Å². The molecule has 2 amide bonds. The van der Waals surface area contributed by atoms with Crippen LogP contribution in [0.2, 0.25) is 0 Å². The number of likely N-dealkylation sites (tertiary alicyclic amines) is 1. The second-order valence-electron chi connectivity index (χ2n) is 6.69. The van der Waals surface area contributed by atoms with Crippen LogP contribution in [0.15, 0.2) is 24.3 Å². The van der Waals surface area contributed by atoms with Crippen LogP contribution in [0, 0.1) is 5.92 Å². The first-order chi connectivity index (χ1) is 13.5. The Morgan fingerprint density at radius 3 is 2.28 bits per heavy atom. The molecule has 0 saturated carbocycles. The van der Waals surface area contributed by atoms with Gasteiger partial charge in [-0.2, -0.15) is 13.2 Å². The zero-order valence-electron chi connectivity index (χ0n) is 15.3. The van der Waals surface area contributed by atoms with E-state index in [1.807, 2.05) is 5.32 Å². The van der Waals surface area contributed by atoms with Gasteiger partial charge < -0.3 is 15.0 Å². The van der Waals surface area contributed by atoms with E-state index in [4.69, 9.17) is 0 Å². The summed E-state index contributed by atoms with van der Waals surface area (Å²) in [5.74, 6) is -2.78. The van der Waals surface area contributed by atoms with Crippen molar-refractivity contribution in [2.45, 2.75) is 38.2 Å². The quantitative estimate of drug-likeness (QED) is 0.710. The lowest BCUT2D eigenvalue weighted by Crippen LogP contribution is -2.44. The molecule has 0 spiro atoms. The lowest BCUT2D eigenvalue weighted by atomic mass is 9.96. The number of halogens is 6. The van der Waals surface area contributed by atoms with Crippen molar-refractivity contribution in [1.82, 2.24) is 10.2 Å². The monoisotopic (exact) mass is 426 g/mol. The highest BCUT2D eigenvalue weighted by atomic mass is 19.4. The van der Waals surface area contributed by atoms with Crippen LogP contribution < -0.4 is 10.1 Å². The zero-order valence-corrected chi connectivity index (χ0v) is 15.3. The van der Waals surface area contributed by atoms with Gasteiger partial charge in [-0.25, -0.2) is 0 Å². The number of nitrogens with one attached hydrogen (secondary N) is 1. The molecule has 0 aromatic heterocycles. The minimum atomic E-state index is -4.93. The van der Waals surface area contributed by atoms with E-state index in [1.54, 1.807) is 6.07 Å². The van der Waals surface area contributed by atoms with Crippen molar-refractivity contribution >= 4 is 11.8 Å². The second kappa shape index (κ2) is 9.36. The Labute approximate surface area is 163 Å². The summed E-state index contributed by atoms with van der Waals surface area (Å²) in [6.45, 7) is 0.501. The molecule has 5 nitrogen and oxygen atoms in total. The first-order valence-electron chi connectivity index (χ1n) is 8.92. The van der Waals surface area contributed by atoms with Crippen molar-refractivity contribution in [3.63, 3.8) is 0 Å². The number of benzene rings is 1. The minimum absolute atomic E-state index is 0.0201. The SMILES string of the molecule is O=C(CCc1ccccc1OC(F)(F)F)N1CCC(CNC(=O)C(F)(F)F)CC1.